The highest BCUT2D eigenvalue weighted by atomic mass is 14.7. The molecule has 1 aromatic heterocycles. The molecule has 3 aromatic carbocycles. The predicted molar refractivity (Wildman–Crippen MR) is 122 cm³/mol. The smallest absolute Gasteiger partial charge is 0.0757 e. The summed E-state index contributed by atoms with van der Waals surface area (Å²) in [6, 6.07) is 22.8. The van der Waals surface area contributed by atoms with Crippen LogP contribution in [0.5, 0.6) is 0 Å². The number of fused-ring (bicyclic) bond motifs is 5. The second kappa shape index (κ2) is 6.16. The average molecular weight is 378 g/mol. The molecule has 6 rings (SSSR count). The number of hydrogen-bond acceptors (Lipinski definition) is 1. The SMILES string of the molecule is CC(C)Cc1cccc2nc3c(cc12)C1(CCCC1)c1cccc2cccc-3c12. The van der Waals surface area contributed by atoms with Crippen molar-refractivity contribution < 1.29 is 0 Å². The molecule has 1 nitrogen and oxygen atoms in total. The van der Waals surface area contributed by atoms with Crippen LogP contribution in [0.1, 0.15) is 56.2 Å². The second-order valence-corrected chi connectivity index (χ2v) is 9.46. The van der Waals surface area contributed by atoms with E-state index in [4.69, 9.17) is 4.98 Å². The highest BCUT2D eigenvalue weighted by Gasteiger charge is 2.43. The molecule has 2 aliphatic rings. The van der Waals surface area contributed by atoms with Crippen molar-refractivity contribution in [3.63, 3.8) is 0 Å². The minimum Gasteiger partial charge on any atom is -0.247 e. The van der Waals surface area contributed by atoms with Gasteiger partial charge in [-0.15, -0.1) is 0 Å². The second-order valence-electron chi connectivity index (χ2n) is 9.46. The fourth-order valence-electron chi connectivity index (χ4n) is 6.04. The number of aromatic nitrogens is 1. The Morgan fingerprint density at radius 3 is 2.45 bits per heavy atom. The summed E-state index contributed by atoms with van der Waals surface area (Å²) in [6.07, 6.45) is 6.21. The van der Waals surface area contributed by atoms with Gasteiger partial charge in [-0.25, -0.2) is 4.98 Å². The lowest BCUT2D eigenvalue weighted by Gasteiger charge is -2.37. The van der Waals surface area contributed by atoms with Crippen molar-refractivity contribution in [2.24, 2.45) is 5.92 Å². The van der Waals surface area contributed by atoms with Crippen LogP contribution in [-0.4, -0.2) is 4.98 Å². The summed E-state index contributed by atoms with van der Waals surface area (Å²) in [4.78, 5) is 5.33. The van der Waals surface area contributed by atoms with Gasteiger partial charge in [-0.2, -0.15) is 0 Å². The topological polar surface area (TPSA) is 12.9 Å². The summed E-state index contributed by atoms with van der Waals surface area (Å²) < 4.78 is 0. The highest BCUT2D eigenvalue weighted by Crippen LogP contribution is 2.55. The van der Waals surface area contributed by atoms with E-state index in [1.165, 1.54) is 69.8 Å². The van der Waals surface area contributed by atoms with E-state index in [9.17, 15) is 0 Å². The maximum Gasteiger partial charge on any atom is 0.0757 e. The zero-order valence-corrected chi connectivity index (χ0v) is 17.3. The predicted octanol–water partition coefficient (Wildman–Crippen LogP) is 7.43. The van der Waals surface area contributed by atoms with Gasteiger partial charge in [-0.1, -0.05) is 75.2 Å². The summed E-state index contributed by atoms with van der Waals surface area (Å²) in [6.45, 7) is 4.61. The van der Waals surface area contributed by atoms with Crippen LogP contribution in [0.15, 0.2) is 60.7 Å². The highest BCUT2D eigenvalue weighted by molar-refractivity contribution is 6.04. The van der Waals surface area contributed by atoms with E-state index in [1.807, 2.05) is 0 Å². The normalized spacial score (nSPS) is 16.8. The Labute approximate surface area is 172 Å². The van der Waals surface area contributed by atoms with Crippen LogP contribution < -0.4 is 0 Å². The van der Waals surface area contributed by atoms with Crippen LogP contribution >= 0.6 is 0 Å². The van der Waals surface area contributed by atoms with Gasteiger partial charge in [0.25, 0.3) is 0 Å². The van der Waals surface area contributed by atoms with Gasteiger partial charge >= 0.3 is 0 Å². The van der Waals surface area contributed by atoms with E-state index in [-0.39, 0.29) is 5.41 Å². The lowest BCUT2D eigenvalue weighted by atomic mass is 9.66. The third-order valence-corrected chi connectivity index (χ3v) is 7.23. The number of pyridine rings is 1. The standard InChI is InChI=1S/C28H27N/c1-18(2)16-20-10-7-13-25-22(20)17-24-27(29-25)21-11-5-8-19-9-6-12-23(26(19)21)28(24)14-3-4-15-28/h5-13,17-18H,3-4,14-16H2,1-2H3. The van der Waals surface area contributed by atoms with Crippen molar-refractivity contribution in [1.29, 1.82) is 0 Å². The first kappa shape index (κ1) is 17.2. The summed E-state index contributed by atoms with van der Waals surface area (Å²) in [5, 5.41) is 4.15. The molecule has 144 valence electrons. The van der Waals surface area contributed by atoms with E-state index >= 15 is 0 Å². The van der Waals surface area contributed by atoms with Crippen LogP contribution in [0, 0.1) is 5.92 Å². The Hall–Kier alpha value is -2.67. The zero-order chi connectivity index (χ0) is 19.6. The van der Waals surface area contributed by atoms with Gasteiger partial charge in [0.2, 0.25) is 0 Å². The molecule has 2 aliphatic carbocycles. The molecule has 0 radical (unpaired) electrons. The van der Waals surface area contributed by atoms with Gasteiger partial charge in [-0.05, 0) is 64.8 Å². The van der Waals surface area contributed by atoms with Crippen molar-refractivity contribution in [2.75, 3.05) is 0 Å². The van der Waals surface area contributed by atoms with Crippen molar-refractivity contribution in [3.8, 4) is 11.3 Å². The number of nitrogens with zero attached hydrogens (tertiary/aromatic N) is 1. The third kappa shape index (κ3) is 2.37. The summed E-state index contributed by atoms with van der Waals surface area (Å²) in [7, 11) is 0. The van der Waals surface area contributed by atoms with Crippen LogP contribution in [0.25, 0.3) is 32.9 Å². The third-order valence-electron chi connectivity index (χ3n) is 7.23. The summed E-state index contributed by atoms with van der Waals surface area (Å²) in [5.41, 5.74) is 8.29. The van der Waals surface area contributed by atoms with Gasteiger partial charge in [0.05, 0.1) is 11.2 Å². The molecule has 1 fully saturated rings. The molecule has 0 saturated heterocycles. The largest absolute Gasteiger partial charge is 0.247 e. The Morgan fingerprint density at radius 1 is 0.897 bits per heavy atom. The monoisotopic (exact) mass is 377 g/mol. The first-order valence-electron chi connectivity index (χ1n) is 11.1. The van der Waals surface area contributed by atoms with Gasteiger partial charge in [0, 0.05) is 16.4 Å². The van der Waals surface area contributed by atoms with E-state index in [0.29, 0.717) is 5.92 Å². The van der Waals surface area contributed by atoms with Gasteiger partial charge in [-0.3, -0.25) is 0 Å². The molecular weight excluding hydrogens is 350 g/mol. The van der Waals surface area contributed by atoms with Crippen molar-refractivity contribution >= 4 is 21.7 Å². The van der Waals surface area contributed by atoms with Crippen molar-refractivity contribution in [2.45, 2.75) is 51.4 Å². The Bertz CT molecular complexity index is 1250. The molecule has 0 aliphatic heterocycles. The molecule has 4 aromatic rings. The Morgan fingerprint density at radius 2 is 1.66 bits per heavy atom. The molecule has 0 bridgehead atoms. The van der Waals surface area contributed by atoms with Crippen LogP contribution in [0.2, 0.25) is 0 Å². The van der Waals surface area contributed by atoms with E-state index in [1.54, 1.807) is 0 Å². The lowest BCUT2D eigenvalue weighted by molar-refractivity contribution is 0.537. The summed E-state index contributed by atoms with van der Waals surface area (Å²) >= 11 is 0. The first-order valence-corrected chi connectivity index (χ1v) is 11.1. The van der Waals surface area contributed by atoms with Crippen LogP contribution in [0.3, 0.4) is 0 Å². The van der Waals surface area contributed by atoms with Gasteiger partial charge in [0.15, 0.2) is 0 Å². The Balaban J connectivity index is 1.74. The molecule has 0 amide bonds. The maximum atomic E-state index is 5.33. The van der Waals surface area contributed by atoms with E-state index in [2.05, 4.69) is 74.5 Å². The quantitative estimate of drug-likeness (QED) is 0.354. The fraction of sp³-hybridized carbons (Fsp3) is 0.321. The molecule has 1 heterocycles. The average Bonchev–Trinajstić information content (AvgIpc) is 3.21. The minimum absolute atomic E-state index is 0.134. The van der Waals surface area contributed by atoms with Crippen LogP contribution in [0.4, 0.5) is 0 Å². The lowest BCUT2D eigenvalue weighted by Crippen LogP contribution is -2.28. The molecule has 1 spiro atoms. The summed E-state index contributed by atoms with van der Waals surface area (Å²) in [5.74, 6) is 0.645. The van der Waals surface area contributed by atoms with Crippen molar-refractivity contribution in [3.05, 3.63) is 77.4 Å². The molecule has 1 heteroatoms. The van der Waals surface area contributed by atoms with Crippen molar-refractivity contribution in [1.82, 2.24) is 4.98 Å². The van der Waals surface area contributed by atoms with Gasteiger partial charge < -0.3 is 0 Å². The van der Waals surface area contributed by atoms with E-state index in [0.717, 1.165) is 11.9 Å². The molecule has 1 saturated carbocycles. The van der Waals surface area contributed by atoms with Gasteiger partial charge in [0.1, 0.15) is 0 Å². The molecule has 0 atom stereocenters. The molecule has 29 heavy (non-hydrogen) atoms. The Kier molecular flexibility index (Phi) is 3.66. The zero-order valence-electron chi connectivity index (χ0n) is 17.3. The maximum absolute atomic E-state index is 5.33. The number of rotatable bonds is 2. The minimum atomic E-state index is 0.134. The molecule has 0 N–H and O–H groups in total. The van der Waals surface area contributed by atoms with Crippen LogP contribution in [-0.2, 0) is 11.8 Å². The fourth-order valence-corrected chi connectivity index (χ4v) is 6.04. The molecular formula is C28H27N. The molecule has 0 unspecified atom stereocenters. The number of hydrogen-bond donors (Lipinski definition) is 0. The number of benzene rings is 3. The van der Waals surface area contributed by atoms with E-state index < -0.39 is 0 Å². The first-order chi connectivity index (χ1) is 14.2.